The molecular weight excluding hydrogens is 286 g/mol. The van der Waals surface area contributed by atoms with Crippen LogP contribution in [0.15, 0.2) is 28.7 Å². The first-order valence-corrected chi connectivity index (χ1v) is 7.07. The third-order valence-electron chi connectivity index (χ3n) is 2.52. The lowest BCUT2D eigenvalue weighted by Crippen LogP contribution is -2.20. The molecule has 3 atom stereocenters. The van der Waals surface area contributed by atoms with Crippen LogP contribution in [0.5, 0.6) is 0 Å². The lowest BCUT2D eigenvalue weighted by molar-refractivity contribution is 0.196. The van der Waals surface area contributed by atoms with Crippen molar-refractivity contribution in [2.75, 3.05) is 6.54 Å². The predicted molar refractivity (Wildman–Crippen MR) is 74.7 cm³/mol. The minimum atomic E-state index is -0.318. The SMILES string of the molecule is CC(O)C(C)SC(CN)c1ccccc1Br. The topological polar surface area (TPSA) is 46.2 Å². The lowest BCUT2D eigenvalue weighted by Gasteiger charge is -2.22. The predicted octanol–water partition coefficient (Wildman–Crippen LogP) is 2.95. The van der Waals surface area contributed by atoms with Crippen molar-refractivity contribution in [3.05, 3.63) is 34.3 Å². The minimum absolute atomic E-state index is 0.181. The fraction of sp³-hybridized carbons (Fsp3) is 0.500. The Morgan fingerprint density at radius 3 is 2.50 bits per heavy atom. The van der Waals surface area contributed by atoms with Gasteiger partial charge in [0.15, 0.2) is 0 Å². The molecule has 90 valence electrons. The summed E-state index contributed by atoms with van der Waals surface area (Å²) in [5.41, 5.74) is 7.00. The van der Waals surface area contributed by atoms with Crippen molar-refractivity contribution < 1.29 is 5.11 Å². The van der Waals surface area contributed by atoms with Gasteiger partial charge in [0.05, 0.1) is 6.10 Å². The van der Waals surface area contributed by atoms with Crippen molar-refractivity contribution in [3.63, 3.8) is 0 Å². The van der Waals surface area contributed by atoms with Crippen molar-refractivity contribution in [3.8, 4) is 0 Å². The van der Waals surface area contributed by atoms with Crippen molar-refractivity contribution in [1.82, 2.24) is 0 Å². The molecule has 16 heavy (non-hydrogen) atoms. The Bertz CT molecular complexity index is 333. The molecule has 3 unspecified atom stereocenters. The number of thioether (sulfide) groups is 1. The first-order chi connectivity index (χ1) is 7.56. The summed E-state index contributed by atoms with van der Waals surface area (Å²) >= 11 is 5.25. The van der Waals surface area contributed by atoms with Crippen LogP contribution in [0.1, 0.15) is 24.7 Å². The number of nitrogens with two attached hydrogens (primary N) is 1. The van der Waals surface area contributed by atoms with Crippen molar-refractivity contribution in [2.45, 2.75) is 30.5 Å². The first kappa shape index (κ1) is 14.0. The standard InChI is InChI=1S/C12H18BrNOS/c1-8(15)9(2)16-12(7-14)10-5-3-4-6-11(10)13/h3-6,8-9,12,15H,7,14H2,1-2H3. The number of hydrogen-bond acceptors (Lipinski definition) is 3. The number of aliphatic hydroxyl groups excluding tert-OH is 1. The van der Waals surface area contributed by atoms with Gasteiger partial charge in [0.1, 0.15) is 0 Å². The van der Waals surface area contributed by atoms with E-state index < -0.39 is 0 Å². The van der Waals surface area contributed by atoms with Crippen LogP contribution in [-0.4, -0.2) is 23.0 Å². The number of aliphatic hydroxyl groups is 1. The van der Waals surface area contributed by atoms with E-state index >= 15 is 0 Å². The Balaban J connectivity index is 2.79. The molecule has 3 N–H and O–H groups in total. The molecule has 0 heterocycles. The quantitative estimate of drug-likeness (QED) is 0.879. The van der Waals surface area contributed by atoms with Crippen LogP contribution < -0.4 is 5.73 Å². The molecular formula is C12H18BrNOS. The van der Waals surface area contributed by atoms with Gasteiger partial charge >= 0.3 is 0 Å². The molecule has 0 saturated carbocycles. The molecule has 0 radical (unpaired) electrons. The van der Waals surface area contributed by atoms with Crippen LogP contribution in [0, 0.1) is 0 Å². The summed E-state index contributed by atoms with van der Waals surface area (Å²) in [4.78, 5) is 0. The summed E-state index contributed by atoms with van der Waals surface area (Å²) in [6, 6.07) is 8.09. The lowest BCUT2D eigenvalue weighted by atomic mass is 10.1. The Hall–Kier alpha value is -0.0300. The van der Waals surface area contributed by atoms with Crippen LogP contribution in [0.3, 0.4) is 0 Å². The van der Waals surface area contributed by atoms with Gasteiger partial charge < -0.3 is 10.8 Å². The van der Waals surface area contributed by atoms with E-state index in [0.717, 1.165) is 4.47 Å². The summed E-state index contributed by atoms with van der Waals surface area (Å²) in [7, 11) is 0. The number of hydrogen-bond donors (Lipinski definition) is 2. The van der Waals surface area contributed by atoms with E-state index in [4.69, 9.17) is 5.73 Å². The van der Waals surface area contributed by atoms with Crippen molar-refractivity contribution in [2.24, 2.45) is 5.73 Å². The second-order valence-electron chi connectivity index (χ2n) is 3.83. The van der Waals surface area contributed by atoms with Gasteiger partial charge in [-0.25, -0.2) is 0 Å². The molecule has 4 heteroatoms. The minimum Gasteiger partial charge on any atom is -0.392 e. The summed E-state index contributed by atoms with van der Waals surface area (Å²) in [6.07, 6.45) is -0.318. The normalized spacial score (nSPS) is 16.8. The Morgan fingerprint density at radius 1 is 1.38 bits per heavy atom. The molecule has 0 amide bonds. The maximum absolute atomic E-state index is 9.51. The molecule has 1 aromatic rings. The van der Waals surface area contributed by atoms with Crippen LogP contribution >= 0.6 is 27.7 Å². The smallest absolute Gasteiger partial charge is 0.0628 e. The monoisotopic (exact) mass is 303 g/mol. The second kappa shape index (κ2) is 6.64. The fourth-order valence-electron chi connectivity index (χ4n) is 1.36. The average molecular weight is 304 g/mol. The van der Waals surface area contributed by atoms with E-state index in [1.165, 1.54) is 5.56 Å². The zero-order valence-electron chi connectivity index (χ0n) is 9.56. The molecule has 1 aromatic carbocycles. The van der Waals surface area contributed by atoms with Gasteiger partial charge in [-0.3, -0.25) is 0 Å². The Labute approximate surface area is 110 Å². The van der Waals surface area contributed by atoms with Crippen molar-refractivity contribution >= 4 is 27.7 Å². The molecule has 0 spiro atoms. The first-order valence-electron chi connectivity index (χ1n) is 5.34. The molecule has 0 bridgehead atoms. The highest BCUT2D eigenvalue weighted by Crippen LogP contribution is 2.36. The average Bonchev–Trinajstić information content (AvgIpc) is 2.26. The van der Waals surface area contributed by atoms with Gasteiger partial charge in [0.2, 0.25) is 0 Å². The van der Waals surface area contributed by atoms with E-state index in [-0.39, 0.29) is 16.6 Å². The van der Waals surface area contributed by atoms with E-state index in [1.54, 1.807) is 11.8 Å². The highest BCUT2D eigenvalue weighted by atomic mass is 79.9. The van der Waals surface area contributed by atoms with E-state index in [2.05, 4.69) is 22.0 Å². The summed E-state index contributed by atoms with van der Waals surface area (Å²) < 4.78 is 1.08. The number of benzene rings is 1. The van der Waals surface area contributed by atoms with Crippen LogP contribution in [0.4, 0.5) is 0 Å². The summed E-state index contributed by atoms with van der Waals surface area (Å²) in [6.45, 7) is 4.41. The van der Waals surface area contributed by atoms with E-state index in [0.29, 0.717) is 6.54 Å². The van der Waals surface area contributed by atoms with Gasteiger partial charge in [-0.1, -0.05) is 41.1 Å². The highest BCUT2D eigenvalue weighted by molar-refractivity contribution is 9.10. The van der Waals surface area contributed by atoms with E-state index in [1.807, 2.05) is 32.0 Å². The van der Waals surface area contributed by atoms with Gasteiger partial charge in [-0.2, -0.15) is 0 Å². The number of rotatable bonds is 5. The maximum Gasteiger partial charge on any atom is 0.0628 e. The molecule has 0 aromatic heterocycles. The fourth-order valence-corrected chi connectivity index (χ4v) is 3.29. The maximum atomic E-state index is 9.51. The Kier molecular flexibility index (Phi) is 5.83. The van der Waals surface area contributed by atoms with Crippen LogP contribution in [0.2, 0.25) is 0 Å². The van der Waals surface area contributed by atoms with E-state index in [9.17, 15) is 5.11 Å². The molecule has 0 saturated heterocycles. The molecule has 0 aliphatic carbocycles. The molecule has 2 nitrogen and oxygen atoms in total. The van der Waals surface area contributed by atoms with Crippen LogP contribution in [0.25, 0.3) is 0 Å². The second-order valence-corrected chi connectivity index (χ2v) is 6.27. The molecule has 0 aliphatic heterocycles. The molecule has 0 fully saturated rings. The largest absolute Gasteiger partial charge is 0.392 e. The van der Waals surface area contributed by atoms with Gasteiger partial charge in [-0.15, -0.1) is 11.8 Å². The highest BCUT2D eigenvalue weighted by Gasteiger charge is 2.19. The Morgan fingerprint density at radius 2 is 2.00 bits per heavy atom. The number of halogens is 1. The molecule has 0 aliphatic rings. The van der Waals surface area contributed by atoms with Gasteiger partial charge in [-0.05, 0) is 18.6 Å². The summed E-state index contributed by atoms with van der Waals surface area (Å²) in [5, 5.41) is 9.91. The zero-order valence-corrected chi connectivity index (χ0v) is 12.0. The van der Waals surface area contributed by atoms with Crippen molar-refractivity contribution in [1.29, 1.82) is 0 Å². The zero-order chi connectivity index (χ0) is 12.1. The van der Waals surface area contributed by atoms with Crippen LogP contribution in [-0.2, 0) is 0 Å². The van der Waals surface area contributed by atoms with Gasteiger partial charge in [0, 0.05) is 21.5 Å². The third-order valence-corrected chi connectivity index (χ3v) is 4.84. The summed E-state index contributed by atoms with van der Waals surface area (Å²) in [5.74, 6) is 0. The van der Waals surface area contributed by atoms with Gasteiger partial charge in [0.25, 0.3) is 0 Å². The molecule has 1 rings (SSSR count). The third kappa shape index (κ3) is 3.77.